The molecule has 2 heterocycles. The van der Waals surface area contributed by atoms with Crippen molar-refractivity contribution in [1.82, 2.24) is 9.88 Å². The molecule has 1 amide bonds. The first-order valence-electron chi connectivity index (χ1n) is 8.35. The number of carbonyl (C=O) groups is 1. The number of rotatable bonds is 5. The second kappa shape index (κ2) is 6.91. The van der Waals surface area contributed by atoms with Gasteiger partial charge in [0.25, 0.3) is 0 Å². The SMILES string of the molecule is COC(C)C(N)C(=O)N1CCC[C@H]1Cc1c[nH]c2cc(F)ccc12. The summed E-state index contributed by atoms with van der Waals surface area (Å²) in [6.07, 6.45) is 4.26. The average Bonchev–Trinajstić information content (AvgIpc) is 3.20. The third kappa shape index (κ3) is 3.16. The molecule has 1 aromatic carbocycles. The third-order valence-corrected chi connectivity index (χ3v) is 5.01. The summed E-state index contributed by atoms with van der Waals surface area (Å²) in [7, 11) is 1.56. The zero-order valence-corrected chi connectivity index (χ0v) is 14.1. The summed E-state index contributed by atoms with van der Waals surface area (Å²) in [5.74, 6) is -0.314. The molecule has 0 radical (unpaired) electrons. The molecular formula is C18H24FN3O2. The Morgan fingerprint density at radius 2 is 2.33 bits per heavy atom. The Kier molecular flexibility index (Phi) is 4.87. The number of carbonyl (C=O) groups excluding carboxylic acids is 1. The number of hydrogen-bond acceptors (Lipinski definition) is 3. The van der Waals surface area contributed by atoms with Crippen molar-refractivity contribution in [2.45, 2.75) is 44.4 Å². The van der Waals surface area contributed by atoms with Crippen LogP contribution in [-0.2, 0) is 16.0 Å². The number of methoxy groups -OCH3 is 1. The first-order valence-corrected chi connectivity index (χ1v) is 8.35. The lowest BCUT2D eigenvalue weighted by atomic mass is 10.0. The second-order valence-corrected chi connectivity index (χ2v) is 6.50. The molecule has 2 aromatic rings. The van der Waals surface area contributed by atoms with Gasteiger partial charge in [-0.3, -0.25) is 4.79 Å². The number of H-pyrrole nitrogens is 1. The fraction of sp³-hybridized carbons (Fsp3) is 0.500. The van der Waals surface area contributed by atoms with E-state index in [0.717, 1.165) is 42.3 Å². The van der Waals surface area contributed by atoms with E-state index in [4.69, 9.17) is 10.5 Å². The van der Waals surface area contributed by atoms with Gasteiger partial charge in [0.2, 0.25) is 5.91 Å². The summed E-state index contributed by atoms with van der Waals surface area (Å²) in [5.41, 5.74) is 7.91. The summed E-state index contributed by atoms with van der Waals surface area (Å²) in [5, 5.41) is 1.00. The van der Waals surface area contributed by atoms with E-state index in [2.05, 4.69) is 4.98 Å². The van der Waals surface area contributed by atoms with Crippen LogP contribution in [0.5, 0.6) is 0 Å². The smallest absolute Gasteiger partial charge is 0.242 e. The van der Waals surface area contributed by atoms with Crippen molar-refractivity contribution in [2.24, 2.45) is 5.73 Å². The van der Waals surface area contributed by atoms with Gasteiger partial charge in [0.05, 0.1) is 6.10 Å². The van der Waals surface area contributed by atoms with Gasteiger partial charge in [-0.15, -0.1) is 0 Å². The predicted octanol–water partition coefficient (Wildman–Crippen LogP) is 2.20. The van der Waals surface area contributed by atoms with E-state index < -0.39 is 6.04 Å². The summed E-state index contributed by atoms with van der Waals surface area (Å²) in [4.78, 5) is 17.6. The topological polar surface area (TPSA) is 71.3 Å². The molecule has 0 bridgehead atoms. The largest absolute Gasteiger partial charge is 0.380 e. The third-order valence-electron chi connectivity index (χ3n) is 5.01. The minimum absolute atomic E-state index is 0.0577. The van der Waals surface area contributed by atoms with Crippen molar-refractivity contribution in [3.63, 3.8) is 0 Å². The van der Waals surface area contributed by atoms with Crippen molar-refractivity contribution < 1.29 is 13.9 Å². The van der Waals surface area contributed by atoms with Crippen LogP contribution in [0.2, 0.25) is 0 Å². The maximum Gasteiger partial charge on any atom is 0.242 e. The zero-order valence-electron chi connectivity index (χ0n) is 14.1. The molecule has 1 aliphatic rings. The number of fused-ring (bicyclic) bond motifs is 1. The molecule has 1 aliphatic heterocycles. The Morgan fingerprint density at radius 3 is 3.08 bits per heavy atom. The Labute approximate surface area is 141 Å². The molecule has 5 nitrogen and oxygen atoms in total. The number of ether oxygens (including phenoxy) is 1. The molecule has 1 fully saturated rings. The quantitative estimate of drug-likeness (QED) is 0.881. The van der Waals surface area contributed by atoms with Crippen molar-refractivity contribution >= 4 is 16.8 Å². The molecule has 24 heavy (non-hydrogen) atoms. The highest BCUT2D eigenvalue weighted by atomic mass is 19.1. The van der Waals surface area contributed by atoms with Crippen LogP contribution >= 0.6 is 0 Å². The van der Waals surface area contributed by atoms with Crippen molar-refractivity contribution in [3.8, 4) is 0 Å². The van der Waals surface area contributed by atoms with Crippen LogP contribution in [0.3, 0.4) is 0 Å². The number of nitrogens with zero attached hydrogens (tertiary/aromatic N) is 1. The number of likely N-dealkylation sites (tertiary alicyclic amines) is 1. The molecule has 3 N–H and O–H groups in total. The number of aromatic nitrogens is 1. The minimum atomic E-state index is -0.646. The zero-order chi connectivity index (χ0) is 17.3. The molecule has 0 aliphatic carbocycles. The minimum Gasteiger partial charge on any atom is -0.380 e. The highest BCUT2D eigenvalue weighted by Gasteiger charge is 2.34. The van der Waals surface area contributed by atoms with Crippen molar-refractivity contribution in [1.29, 1.82) is 0 Å². The molecule has 3 rings (SSSR count). The summed E-state index contributed by atoms with van der Waals surface area (Å²) >= 11 is 0. The van der Waals surface area contributed by atoms with Crippen LogP contribution in [0.4, 0.5) is 4.39 Å². The fourth-order valence-corrected chi connectivity index (χ4v) is 3.46. The van der Waals surface area contributed by atoms with E-state index in [1.54, 1.807) is 13.2 Å². The highest BCUT2D eigenvalue weighted by Crippen LogP contribution is 2.26. The van der Waals surface area contributed by atoms with Crippen LogP contribution < -0.4 is 5.73 Å². The standard InChI is InChI=1S/C18H24FN3O2/c1-11(24-2)17(20)18(23)22-7-3-4-14(22)8-12-10-21-16-9-13(19)5-6-15(12)16/h5-6,9-11,14,17,21H,3-4,7-8,20H2,1-2H3/t11?,14-,17?/m0/s1. The van der Waals surface area contributed by atoms with Gasteiger partial charge in [-0.1, -0.05) is 0 Å². The van der Waals surface area contributed by atoms with E-state index in [0.29, 0.717) is 0 Å². The lowest BCUT2D eigenvalue weighted by molar-refractivity contribution is -0.136. The summed E-state index contributed by atoms with van der Waals surface area (Å²) in [6.45, 7) is 2.53. The van der Waals surface area contributed by atoms with E-state index in [1.165, 1.54) is 12.1 Å². The predicted molar refractivity (Wildman–Crippen MR) is 91.1 cm³/mol. The Balaban J connectivity index is 1.77. The first kappa shape index (κ1) is 16.9. The van der Waals surface area contributed by atoms with Gasteiger partial charge in [-0.05, 0) is 49.9 Å². The Bertz CT molecular complexity index is 730. The van der Waals surface area contributed by atoms with Crippen molar-refractivity contribution in [3.05, 3.63) is 35.8 Å². The molecule has 0 spiro atoms. The summed E-state index contributed by atoms with van der Waals surface area (Å²) in [6, 6.07) is 4.22. The molecule has 130 valence electrons. The van der Waals surface area contributed by atoms with Gasteiger partial charge in [0.15, 0.2) is 0 Å². The summed E-state index contributed by atoms with van der Waals surface area (Å²) < 4.78 is 18.5. The molecule has 6 heteroatoms. The van der Waals surface area contributed by atoms with Crippen LogP contribution in [0.25, 0.3) is 10.9 Å². The van der Waals surface area contributed by atoms with Crippen LogP contribution in [0, 0.1) is 5.82 Å². The van der Waals surface area contributed by atoms with E-state index >= 15 is 0 Å². The maximum atomic E-state index is 13.3. The first-order chi connectivity index (χ1) is 11.5. The van der Waals surface area contributed by atoms with Gasteiger partial charge in [-0.2, -0.15) is 0 Å². The number of amides is 1. The normalized spacial score (nSPS) is 20.5. The van der Waals surface area contributed by atoms with Crippen LogP contribution in [0.1, 0.15) is 25.3 Å². The maximum absolute atomic E-state index is 13.3. The fourth-order valence-electron chi connectivity index (χ4n) is 3.46. The Morgan fingerprint density at radius 1 is 1.54 bits per heavy atom. The molecule has 3 atom stereocenters. The molecule has 1 aromatic heterocycles. The number of hydrogen-bond donors (Lipinski definition) is 2. The second-order valence-electron chi connectivity index (χ2n) is 6.50. The number of nitrogens with two attached hydrogens (primary N) is 1. The number of nitrogens with one attached hydrogen (secondary N) is 1. The molecular weight excluding hydrogens is 309 g/mol. The molecule has 1 saturated heterocycles. The van der Waals surface area contributed by atoms with Gasteiger partial charge < -0.3 is 20.4 Å². The molecule has 0 saturated carbocycles. The number of benzene rings is 1. The van der Waals surface area contributed by atoms with E-state index in [-0.39, 0.29) is 23.9 Å². The number of halogens is 1. The van der Waals surface area contributed by atoms with E-state index in [9.17, 15) is 9.18 Å². The lowest BCUT2D eigenvalue weighted by Gasteiger charge is -2.29. The van der Waals surface area contributed by atoms with Crippen molar-refractivity contribution in [2.75, 3.05) is 13.7 Å². The highest BCUT2D eigenvalue weighted by molar-refractivity contribution is 5.84. The van der Waals surface area contributed by atoms with Crippen LogP contribution in [-0.4, -0.2) is 47.6 Å². The van der Waals surface area contributed by atoms with Crippen LogP contribution in [0.15, 0.2) is 24.4 Å². The van der Waals surface area contributed by atoms with Gasteiger partial charge in [-0.25, -0.2) is 4.39 Å². The number of aromatic amines is 1. The van der Waals surface area contributed by atoms with Gasteiger partial charge in [0.1, 0.15) is 11.9 Å². The van der Waals surface area contributed by atoms with Gasteiger partial charge in [0, 0.05) is 36.8 Å². The Hall–Kier alpha value is -1.92. The monoisotopic (exact) mass is 333 g/mol. The molecule has 2 unspecified atom stereocenters. The average molecular weight is 333 g/mol. The van der Waals surface area contributed by atoms with Gasteiger partial charge >= 0.3 is 0 Å². The van der Waals surface area contributed by atoms with E-state index in [1.807, 2.05) is 18.0 Å². The lowest BCUT2D eigenvalue weighted by Crippen LogP contribution is -2.51.